The molecule has 2 rings (SSSR count). The van der Waals surface area contributed by atoms with Crippen molar-refractivity contribution < 1.29 is 4.39 Å². The van der Waals surface area contributed by atoms with E-state index < -0.39 is 0 Å². The number of benzene rings is 1. The molecule has 1 N–H and O–H groups in total. The van der Waals surface area contributed by atoms with Crippen LogP contribution in [0.5, 0.6) is 0 Å². The van der Waals surface area contributed by atoms with Crippen LogP contribution in [0.2, 0.25) is 5.02 Å². The third kappa shape index (κ3) is 2.09. The average molecular weight is 242 g/mol. The van der Waals surface area contributed by atoms with Crippen LogP contribution in [0.4, 0.5) is 4.39 Å². The Labute approximate surface area is 101 Å². The molecule has 1 aliphatic heterocycles. The monoisotopic (exact) mass is 241 g/mol. The zero-order valence-electron chi connectivity index (χ0n) is 9.74. The van der Waals surface area contributed by atoms with Gasteiger partial charge in [0.05, 0.1) is 5.02 Å². The lowest BCUT2D eigenvalue weighted by Gasteiger charge is -2.26. The van der Waals surface area contributed by atoms with Crippen LogP contribution in [0.25, 0.3) is 0 Å². The SMILES string of the molecule is Cc1cc(F)c(Cl)c(C2CCCNC2)c1C. The maximum absolute atomic E-state index is 13.6. The van der Waals surface area contributed by atoms with Crippen molar-refractivity contribution in [1.82, 2.24) is 5.32 Å². The Hall–Kier alpha value is -0.600. The Bertz CT molecular complexity index is 371. The number of hydrogen-bond donors (Lipinski definition) is 1. The molecule has 1 atom stereocenters. The van der Waals surface area contributed by atoms with E-state index >= 15 is 0 Å². The summed E-state index contributed by atoms with van der Waals surface area (Å²) >= 11 is 6.10. The lowest BCUT2D eigenvalue weighted by Crippen LogP contribution is -2.29. The molecule has 1 nitrogen and oxygen atoms in total. The van der Waals surface area contributed by atoms with Crippen LogP contribution >= 0.6 is 11.6 Å². The maximum Gasteiger partial charge on any atom is 0.142 e. The van der Waals surface area contributed by atoms with E-state index in [0.29, 0.717) is 10.9 Å². The molecule has 1 aromatic carbocycles. The van der Waals surface area contributed by atoms with Gasteiger partial charge in [0.1, 0.15) is 5.82 Å². The minimum atomic E-state index is -0.287. The van der Waals surface area contributed by atoms with Crippen molar-refractivity contribution >= 4 is 11.6 Å². The van der Waals surface area contributed by atoms with Crippen molar-refractivity contribution in [3.05, 3.63) is 33.6 Å². The first-order chi connectivity index (χ1) is 7.61. The number of piperidine rings is 1. The second kappa shape index (κ2) is 4.72. The van der Waals surface area contributed by atoms with Gasteiger partial charge in [-0.25, -0.2) is 4.39 Å². The summed E-state index contributed by atoms with van der Waals surface area (Å²) in [5, 5.41) is 3.66. The minimum Gasteiger partial charge on any atom is -0.316 e. The molecule has 1 aromatic rings. The van der Waals surface area contributed by atoms with Crippen LogP contribution in [0.3, 0.4) is 0 Å². The summed E-state index contributed by atoms with van der Waals surface area (Å²) in [6, 6.07) is 1.53. The van der Waals surface area contributed by atoms with E-state index in [0.717, 1.165) is 42.6 Å². The Morgan fingerprint density at radius 1 is 1.44 bits per heavy atom. The molecule has 3 heteroatoms. The number of hydrogen-bond acceptors (Lipinski definition) is 1. The van der Waals surface area contributed by atoms with E-state index in [1.807, 2.05) is 13.8 Å². The fraction of sp³-hybridized carbons (Fsp3) is 0.538. The lowest BCUT2D eigenvalue weighted by atomic mass is 9.87. The molecule has 0 spiro atoms. The summed E-state index contributed by atoms with van der Waals surface area (Å²) in [4.78, 5) is 0. The number of rotatable bonds is 1. The van der Waals surface area contributed by atoms with E-state index in [1.165, 1.54) is 6.07 Å². The van der Waals surface area contributed by atoms with Gasteiger partial charge < -0.3 is 5.32 Å². The molecule has 1 saturated heterocycles. The quantitative estimate of drug-likeness (QED) is 0.793. The maximum atomic E-state index is 13.6. The highest BCUT2D eigenvalue weighted by Gasteiger charge is 2.22. The van der Waals surface area contributed by atoms with Gasteiger partial charge in [-0.05, 0) is 61.9 Å². The van der Waals surface area contributed by atoms with Crippen molar-refractivity contribution in [1.29, 1.82) is 0 Å². The molecular weight excluding hydrogens is 225 g/mol. The molecule has 1 heterocycles. The molecule has 0 amide bonds. The second-order valence-electron chi connectivity index (χ2n) is 4.57. The molecule has 0 aliphatic carbocycles. The summed E-state index contributed by atoms with van der Waals surface area (Å²) < 4.78 is 13.6. The Morgan fingerprint density at radius 2 is 2.19 bits per heavy atom. The largest absolute Gasteiger partial charge is 0.316 e. The highest BCUT2D eigenvalue weighted by molar-refractivity contribution is 6.31. The van der Waals surface area contributed by atoms with E-state index in [1.54, 1.807) is 0 Å². The first-order valence-corrected chi connectivity index (χ1v) is 6.15. The average Bonchev–Trinajstić information content (AvgIpc) is 2.28. The second-order valence-corrected chi connectivity index (χ2v) is 4.95. The number of halogens is 2. The van der Waals surface area contributed by atoms with Gasteiger partial charge >= 0.3 is 0 Å². The molecule has 1 aliphatic rings. The zero-order chi connectivity index (χ0) is 11.7. The highest BCUT2D eigenvalue weighted by atomic mass is 35.5. The first kappa shape index (κ1) is 11.9. The van der Waals surface area contributed by atoms with Crippen LogP contribution in [0.15, 0.2) is 6.07 Å². The topological polar surface area (TPSA) is 12.0 Å². The molecule has 1 fully saturated rings. The third-order valence-corrected chi connectivity index (χ3v) is 3.87. The van der Waals surface area contributed by atoms with Gasteiger partial charge in [-0.15, -0.1) is 0 Å². The van der Waals surface area contributed by atoms with Gasteiger partial charge in [-0.2, -0.15) is 0 Å². The van der Waals surface area contributed by atoms with E-state index in [4.69, 9.17) is 11.6 Å². The zero-order valence-corrected chi connectivity index (χ0v) is 10.5. The summed E-state index contributed by atoms with van der Waals surface area (Å²) in [6.07, 6.45) is 2.23. The van der Waals surface area contributed by atoms with E-state index in [-0.39, 0.29) is 5.82 Å². The Kier molecular flexibility index (Phi) is 3.50. The first-order valence-electron chi connectivity index (χ1n) is 5.77. The van der Waals surface area contributed by atoms with Gasteiger partial charge in [0.15, 0.2) is 0 Å². The highest BCUT2D eigenvalue weighted by Crippen LogP contribution is 2.35. The summed E-state index contributed by atoms with van der Waals surface area (Å²) in [6.45, 7) is 5.93. The molecule has 0 radical (unpaired) electrons. The summed E-state index contributed by atoms with van der Waals surface area (Å²) in [5.74, 6) is 0.0704. The van der Waals surface area contributed by atoms with Crippen molar-refractivity contribution in [2.45, 2.75) is 32.6 Å². The fourth-order valence-corrected chi connectivity index (χ4v) is 2.80. The van der Waals surface area contributed by atoms with Crippen LogP contribution in [-0.4, -0.2) is 13.1 Å². The minimum absolute atomic E-state index is 0.287. The summed E-state index contributed by atoms with van der Waals surface area (Å²) in [7, 11) is 0. The predicted molar refractivity (Wildman–Crippen MR) is 65.7 cm³/mol. The van der Waals surface area contributed by atoms with Gasteiger partial charge in [0.25, 0.3) is 0 Å². The Balaban J connectivity index is 2.45. The van der Waals surface area contributed by atoms with Crippen LogP contribution in [-0.2, 0) is 0 Å². The third-order valence-electron chi connectivity index (χ3n) is 3.49. The smallest absolute Gasteiger partial charge is 0.142 e. The van der Waals surface area contributed by atoms with Crippen LogP contribution < -0.4 is 5.32 Å². The molecule has 88 valence electrons. The molecule has 1 unspecified atom stereocenters. The van der Waals surface area contributed by atoms with E-state index in [9.17, 15) is 4.39 Å². The van der Waals surface area contributed by atoms with Gasteiger partial charge in [-0.1, -0.05) is 11.6 Å². The fourth-order valence-electron chi connectivity index (χ4n) is 2.45. The summed E-state index contributed by atoms with van der Waals surface area (Å²) in [5.41, 5.74) is 3.13. The van der Waals surface area contributed by atoms with Crippen molar-refractivity contribution in [2.24, 2.45) is 0 Å². The van der Waals surface area contributed by atoms with E-state index in [2.05, 4.69) is 5.32 Å². The molecule has 0 aromatic heterocycles. The van der Waals surface area contributed by atoms with Crippen molar-refractivity contribution in [3.63, 3.8) is 0 Å². The molecule has 0 bridgehead atoms. The molecular formula is C13H17ClFN. The van der Waals surface area contributed by atoms with Crippen molar-refractivity contribution in [3.8, 4) is 0 Å². The van der Waals surface area contributed by atoms with Crippen molar-refractivity contribution in [2.75, 3.05) is 13.1 Å². The van der Waals surface area contributed by atoms with Gasteiger partial charge in [0.2, 0.25) is 0 Å². The van der Waals surface area contributed by atoms with Crippen LogP contribution in [0.1, 0.15) is 35.4 Å². The lowest BCUT2D eigenvalue weighted by molar-refractivity contribution is 0.458. The molecule has 16 heavy (non-hydrogen) atoms. The number of aryl methyl sites for hydroxylation is 1. The number of nitrogens with one attached hydrogen (secondary N) is 1. The van der Waals surface area contributed by atoms with Crippen LogP contribution in [0, 0.1) is 19.7 Å². The molecule has 0 saturated carbocycles. The normalized spacial score (nSPS) is 21.1. The van der Waals surface area contributed by atoms with Gasteiger partial charge in [0, 0.05) is 6.54 Å². The standard InChI is InChI=1S/C13H17ClFN/c1-8-6-11(15)13(14)12(9(8)2)10-4-3-5-16-7-10/h6,10,16H,3-5,7H2,1-2H3. The van der Waals surface area contributed by atoms with Gasteiger partial charge in [-0.3, -0.25) is 0 Å². The predicted octanol–water partition coefficient (Wildman–Crippen LogP) is 3.56. The Morgan fingerprint density at radius 3 is 2.81 bits per heavy atom.